The van der Waals surface area contributed by atoms with E-state index >= 15 is 0 Å². The zero-order valence-corrected chi connectivity index (χ0v) is 13.4. The number of rotatable bonds is 3. The second-order valence-electron chi connectivity index (χ2n) is 6.64. The van der Waals surface area contributed by atoms with Gasteiger partial charge in [-0.3, -0.25) is 0 Å². The van der Waals surface area contributed by atoms with E-state index in [0.29, 0.717) is 5.47 Å². The number of fused-ring (bicyclic) bond motifs is 1. The van der Waals surface area contributed by atoms with Crippen molar-refractivity contribution in [2.45, 2.75) is 38.9 Å². The highest BCUT2D eigenvalue weighted by atomic mass is 16.7. The van der Waals surface area contributed by atoms with Gasteiger partial charge in [-0.25, -0.2) is 4.98 Å². The Bertz CT molecular complexity index is 705. The average molecular weight is 300 g/mol. The zero-order chi connectivity index (χ0) is 16.0. The highest BCUT2D eigenvalue weighted by Crippen LogP contribution is 2.38. The van der Waals surface area contributed by atoms with Gasteiger partial charge < -0.3 is 19.4 Å². The van der Waals surface area contributed by atoms with Gasteiger partial charge in [-0.05, 0) is 50.9 Å². The third-order valence-corrected chi connectivity index (χ3v) is 4.53. The van der Waals surface area contributed by atoms with E-state index in [1.165, 1.54) is 0 Å². The zero-order valence-electron chi connectivity index (χ0n) is 13.4. The molecule has 116 valence electrons. The maximum absolute atomic E-state index is 9.71. The number of H-pyrrole nitrogens is 1. The van der Waals surface area contributed by atoms with Crippen molar-refractivity contribution in [3.63, 3.8) is 0 Å². The molecule has 0 spiro atoms. The summed E-state index contributed by atoms with van der Waals surface area (Å²) in [5.74, 6) is 0. The van der Waals surface area contributed by atoms with Crippen LogP contribution in [-0.4, -0.2) is 40.0 Å². The van der Waals surface area contributed by atoms with Gasteiger partial charge >= 0.3 is 7.12 Å². The minimum atomic E-state index is -0.535. The van der Waals surface area contributed by atoms with E-state index < -0.39 is 18.3 Å². The van der Waals surface area contributed by atoms with Crippen molar-refractivity contribution in [3.05, 3.63) is 35.6 Å². The van der Waals surface area contributed by atoms with Crippen molar-refractivity contribution >= 4 is 24.2 Å². The van der Waals surface area contributed by atoms with Crippen molar-refractivity contribution in [3.8, 4) is 0 Å². The largest absolute Gasteiger partial charge is 0.492 e. The van der Waals surface area contributed by atoms with Crippen molar-refractivity contribution < 1.29 is 14.4 Å². The summed E-state index contributed by atoms with van der Waals surface area (Å²) in [7, 11) is -0.535. The molecule has 0 unspecified atom stereocenters. The molecule has 2 heterocycles. The summed E-state index contributed by atoms with van der Waals surface area (Å²) in [4.78, 5) is 7.28. The molecule has 1 aromatic carbocycles. The Morgan fingerprint density at radius 1 is 1.27 bits per heavy atom. The maximum atomic E-state index is 9.71. The summed E-state index contributed by atoms with van der Waals surface area (Å²) in [6.07, 6.45) is 3.57. The molecule has 3 rings (SSSR count). The van der Waals surface area contributed by atoms with Crippen LogP contribution in [0.25, 0.3) is 17.1 Å². The molecule has 1 aliphatic heterocycles. The Labute approximate surface area is 130 Å². The molecular weight excluding hydrogens is 279 g/mol. The van der Waals surface area contributed by atoms with Crippen LogP contribution in [0.3, 0.4) is 0 Å². The SMILES string of the molecule is CC1(C)OB(C(=Cc2ccc3nc[nH]c3c2)CO)OC1(C)C. The monoisotopic (exact) mass is 300 g/mol. The van der Waals surface area contributed by atoms with Gasteiger partial charge in [0.2, 0.25) is 0 Å². The molecule has 5 nitrogen and oxygen atoms in total. The second kappa shape index (κ2) is 5.23. The average Bonchev–Trinajstić information content (AvgIpc) is 2.98. The van der Waals surface area contributed by atoms with E-state index in [1.54, 1.807) is 6.33 Å². The van der Waals surface area contributed by atoms with Crippen LogP contribution >= 0.6 is 0 Å². The van der Waals surface area contributed by atoms with Crippen LogP contribution in [0, 0.1) is 0 Å². The van der Waals surface area contributed by atoms with E-state index in [4.69, 9.17) is 9.31 Å². The normalized spacial score (nSPS) is 20.8. The van der Waals surface area contributed by atoms with Crippen LogP contribution in [0.15, 0.2) is 30.0 Å². The van der Waals surface area contributed by atoms with Gasteiger partial charge in [0.15, 0.2) is 0 Å². The van der Waals surface area contributed by atoms with Crippen LogP contribution in [-0.2, 0) is 9.31 Å². The fraction of sp³-hybridized carbons (Fsp3) is 0.438. The molecule has 1 saturated heterocycles. The summed E-state index contributed by atoms with van der Waals surface area (Å²) in [6, 6.07) is 5.89. The maximum Gasteiger partial charge on any atom is 0.492 e. The number of nitrogens with zero attached hydrogens (tertiary/aromatic N) is 1. The fourth-order valence-electron chi connectivity index (χ4n) is 2.44. The lowest BCUT2D eigenvalue weighted by molar-refractivity contribution is 0.00578. The molecule has 1 fully saturated rings. The lowest BCUT2D eigenvalue weighted by Gasteiger charge is -2.32. The third kappa shape index (κ3) is 2.58. The first-order valence-electron chi connectivity index (χ1n) is 7.42. The number of aromatic nitrogens is 2. The van der Waals surface area contributed by atoms with Crippen LogP contribution < -0.4 is 0 Å². The Balaban J connectivity index is 1.90. The number of aliphatic hydroxyl groups is 1. The number of aromatic amines is 1. The Morgan fingerprint density at radius 3 is 2.59 bits per heavy atom. The van der Waals surface area contributed by atoms with Crippen LogP contribution in [0.1, 0.15) is 33.3 Å². The molecule has 0 atom stereocenters. The smallest absolute Gasteiger partial charge is 0.400 e. The van der Waals surface area contributed by atoms with E-state index in [1.807, 2.05) is 52.0 Å². The molecule has 0 aliphatic carbocycles. The van der Waals surface area contributed by atoms with Crippen LogP contribution in [0.5, 0.6) is 0 Å². The summed E-state index contributed by atoms with van der Waals surface area (Å²) < 4.78 is 12.0. The number of hydrogen-bond acceptors (Lipinski definition) is 4. The molecule has 1 aromatic heterocycles. The van der Waals surface area contributed by atoms with E-state index in [2.05, 4.69) is 9.97 Å². The third-order valence-electron chi connectivity index (χ3n) is 4.53. The molecule has 2 N–H and O–H groups in total. The van der Waals surface area contributed by atoms with Crippen molar-refractivity contribution in [1.29, 1.82) is 0 Å². The Morgan fingerprint density at radius 2 is 1.95 bits per heavy atom. The molecular formula is C16H21BN2O3. The first-order valence-corrected chi connectivity index (χ1v) is 7.42. The predicted octanol–water partition coefficient (Wildman–Crippen LogP) is 2.57. The van der Waals surface area contributed by atoms with Gasteiger partial charge in [-0.1, -0.05) is 12.1 Å². The Kier molecular flexibility index (Phi) is 3.63. The van der Waals surface area contributed by atoms with Gasteiger partial charge in [0, 0.05) is 0 Å². The molecule has 2 aromatic rings. The highest BCUT2D eigenvalue weighted by molar-refractivity contribution is 6.55. The van der Waals surface area contributed by atoms with Gasteiger partial charge in [0.05, 0.1) is 35.2 Å². The minimum Gasteiger partial charge on any atom is -0.400 e. The molecule has 0 amide bonds. The molecule has 0 bridgehead atoms. The molecule has 0 radical (unpaired) electrons. The van der Waals surface area contributed by atoms with Gasteiger partial charge in [0.25, 0.3) is 0 Å². The van der Waals surface area contributed by atoms with Crippen molar-refractivity contribution in [2.75, 3.05) is 6.61 Å². The number of imidazole rings is 1. The highest BCUT2D eigenvalue weighted by Gasteiger charge is 2.52. The number of aliphatic hydroxyl groups excluding tert-OH is 1. The van der Waals surface area contributed by atoms with Crippen LogP contribution in [0.2, 0.25) is 0 Å². The lowest BCUT2D eigenvalue weighted by atomic mass is 9.77. The van der Waals surface area contributed by atoms with E-state index in [9.17, 15) is 5.11 Å². The number of hydrogen-bond donors (Lipinski definition) is 2. The predicted molar refractivity (Wildman–Crippen MR) is 87.2 cm³/mol. The minimum absolute atomic E-state index is 0.113. The quantitative estimate of drug-likeness (QED) is 0.855. The first-order chi connectivity index (χ1) is 10.3. The number of nitrogens with one attached hydrogen (secondary N) is 1. The first kappa shape index (κ1) is 15.3. The van der Waals surface area contributed by atoms with E-state index in [-0.39, 0.29) is 6.61 Å². The lowest BCUT2D eigenvalue weighted by Crippen LogP contribution is -2.41. The summed E-state index contributed by atoms with van der Waals surface area (Å²) in [6.45, 7) is 7.88. The fourth-order valence-corrected chi connectivity index (χ4v) is 2.44. The topological polar surface area (TPSA) is 67.4 Å². The van der Waals surface area contributed by atoms with Gasteiger partial charge in [-0.15, -0.1) is 0 Å². The summed E-state index contributed by atoms with van der Waals surface area (Å²) in [5.41, 5.74) is 2.71. The van der Waals surface area contributed by atoms with Gasteiger partial charge in [-0.2, -0.15) is 0 Å². The second-order valence-corrected chi connectivity index (χ2v) is 6.64. The molecule has 22 heavy (non-hydrogen) atoms. The van der Waals surface area contributed by atoms with Crippen molar-refractivity contribution in [1.82, 2.24) is 9.97 Å². The molecule has 1 aliphatic rings. The molecule has 6 heteroatoms. The van der Waals surface area contributed by atoms with Crippen LogP contribution in [0.4, 0.5) is 0 Å². The van der Waals surface area contributed by atoms with Gasteiger partial charge in [0.1, 0.15) is 0 Å². The summed E-state index contributed by atoms with van der Waals surface area (Å²) >= 11 is 0. The standard InChI is InChI=1S/C16H21BN2O3/c1-15(2)16(3,4)22-17(21-15)12(9-20)7-11-5-6-13-14(8-11)19-10-18-13/h5-8,10,20H,9H2,1-4H3,(H,18,19). The van der Waals surface area contributed by atoms with E-state index in [0.717, 1.165) is 16.6 Å². The summed E-state index contributed by atoms with van der Waals surface area (Å²) in [5, 5.41) is 9.71. The van der Waals surface area contributed by atoms with Crippen molar-refractivity contribution in [2.24, 2.45) is 0 Å². The Hall–Kier alpha value is -1.63. The number of benzene rings is 1. The molecule has 0 saturated carbocycles.